The van der Waals surface area contributed by atoms with E-state index < -0.39 is 5.31 Å². The standard InChI is InChI=1S/C23H24BrO2P/c24-27(20-11-4-1-5-12-20,21-13-6-2-7-14-21,22-15-8-3-9-16-22)19-23-25-17-10-18-26-23/h1-9,11-16,23H,10,17-19H2. The van der Waals surface area contributed by atoms with Gasteiger partial charge >= 0.3 is 169 Å². The van der Waals surface area contributed by atoms with E-state index in [9.17, 15) is 0 Å². The molecule has 1 fully saturated rings. The van der Waals surface area contributed by atoms with Gasteiger partial charge in [-0.3, -0.25) is 0 Å². The van der Waals surface area contributed by atoms with Crippen LogP contribution in [0.25, 0.3) is 0 Å². The average molecular weight is 443 g/mol. The van der Waals surface area contributed by atoms with E-state index in [1.165, 1.54) is 15.9 Å². The van der Waals surface area contributed by atoms with Gasteiger partial charge in [0.05, 0.1) is 0 Å². The molecule has 0 atom stereocenters. The summed E-state index contributed by atoms with van der Waals surface area (Å²) in [7, 11) is 0. The molecule has 1 aliphatic rings. The minimum absolute atomic E-state index is 0.226. The molecule has 0 amide bonds. The topological polar surface area (TPSA) is 18.5 Å². The predicted molar refractivity (Wildman–Crippen MR) is 119 cm³/mol. The van der Waals surface area contributed by atoms with E-state index in [1.807, 2.05) is 0 Å². The van der Waals surface area contributed by atoms with Crippen molar-refractivity contribution < 1.29 is 9.47 Å². The molecule has 3 aromatic carbocycles. The molecule has 0 N–H and O–H groups in total. The van der Waals surface area contributed by atoms with Crippen LogP contribution in [0, 0.1) is 0 Å². The Bertz CT molecular complexity index is 765. The summed E-state index contributed by atoms with van der Waals surface area (Å²) in [5, 5.41) is 0.908. The molecule has 0 unspecified atom stereocenters. The van der Waals surface area contributed by atoms with E-state index in [4.69, 9.17) is 9.47 Å². The Morgan fingerprint density at radius 3 is 1.41 bits per heavy atom. The van der Waals surface area contributed by atoms with Gasteiger partial charge < -0.3 is 0 Å². The third-order valence-electron chi connectivity index (χ3n) is 5.27. The van der Waals surface area contributed by atoms with Gasteiger partial charge in [0, 0.05) is 0 Å². The van der Waals surface area contributed by atoms with E-state index in [1.54, 1.807) is 0 Å². The van der Waals surface area contributed by atoms with Crippen molar-refractivity contribution in [2.75, 3.05) is 19.4 Å². The molecule has 0 aliphatic carbocycles. The van der Waals surface area contributed by atoms with Gasteiger partial charge in [0.1, 0.15) is 0 Å². The third-order valence-corrected chi connectivity index (χ3v) is 14.9. The zero-order valence-corrected chi connectivity index (χ0v) is 17.7. The normalized spacial score (nSPS) is 17.1. The Hall–Kier alpha value is -1.51. The van der Waals surface area contributed by atoms with Crippen molar-refractivity contribution in [1.82, 2.24) is 0 Å². The Kier molecular flexibility index (Phi) is 5.48. The molecule has 2 nitrogen and oxygen atoms in total. The molecule has 0 bridgehead atoms. The number of hydrogen-bond donors (Lipinski definition) is 0. The van der Waals surface area contributed by atoms with E-state index in [0.29, 0.717) is 0 Å². The van der Waals surface area contributed by atoms with Crippen LogP contribution in [-0.4, -0.2) is 25.7 Å². The van der Waals surface area contributed by atoms with Crippen LogP contribution in [-0.2, 0) is 9.47 Å². The summed E-state index contributed by atoms with van der Waals surface area (Å²) in [5.74, 6) is 0. The number of ether oxygens (including phenoxy) is 2. The Morgan fingerprint density at radius 1 is 0.667 bits per heavy atom. The maximum absolute atomic E-state index is 6.04. The molecule has 0 saturated carbocycles. The molecule has 27 heavy (non-hydrogen) atoms. The Morgan fingerprint density at radius 2 is 1.04 bits per heavy atom. The van der Waals surface area contributed by atoms with Crippen LogP contribution in [0.5, 0.6) is 0 Å². The van der Waals surface area contributed by atoms with Crippen LogP contribution in [0.1, 0.15) is 6.42 Å². The molecular weight excluding hydrogens is 419 g/mol. The molecule has 140 valence electrons. The first-order valence-electron chi connectivity index (χ1n) is 9.35. The summed E-state index contributed by atoms with van der Waals surface area (Å²) in [6, 6.07) is 32.3. The average Bonchev–Trinajstić information content (AvgIpc) is 2.76. The minimum atomic E-state index is -2.96. The first kappa shape index (κ1) is 18.8. The van der Waals surface area contributed by atoms with Crippen molar-refractivity contribution in [3.05, 3.63) is 91.0 Å². The molecule has 1 heterocycles. The molecule has 0 aromatic heterocycles. The van der Waals surface area contributed by atoms with E-state index >= 15 is 0 Å². The van der Waals surface area contributed by atoms with Crippen LogP contribution < -0.4 is 15.9 Å². The predicted octanol–water partition coefficient (Wildman–Crippen LogP) is 4.59. The van der Waals surface area contributed by atoms with Crippen LogP contribution >= 0.6 is 20.8 Å². The van der Waals surface area contributed by atoms with Gasteiger partial charge in [-0.1, -0.05) is 0 Å². The van der Waals surface area contributed by atoms with Gasteiger partial charge in [0.25, 0.3) is 0 Å². The van der Waals surface area contributed by atoms with Crippen LogP contribution in [0.2, 0.25) is 0 Å². The number of hydrogen-bond acceptors (Lipinski definition) is 2. The van der Waals surface area contributed by atoms with Crippen molar-refractivity contribution in [2.24, 2.45) is 0 Å². The Balaban J connectivity index is 1.99. The van der Waals surface area contributed by atoms with Crippen molar-refractivity contribution >= 4 is 36.7 Å². The van der Waals surface area contributed by atoms with E-state index in [0.717, 1.165) is 25.8 Å². The van der Waals surface area contributed by atoms with Crippen LogP contribution in [0.4, 0.5) is 0 Å². The maximum atomic E-state index is 6.04. The monoisotopic (exact) mass is 442 g/mol. The van der Waals surface area contributed by atoms with Gasteiger partial charge in [0.2, 0.25) is 0 Å². The molecular formula is C23H24BrO2P. The van der Waals surface area contributed by atoms with Gasteiger partial charge in [-0.2, -0.15) is 0 Å². The second-order valence-corrected chi connectivity index (χ2v) is 15.9. The van der Waals surface area contributed by atoms with Crippen LogP contribution in [0.15, 0.2) is 91.0 Å². The second-order valence-electron chi connectivity index (χ2n) is 6.90. The van der Waals surface area contributed by atoms with E-state index in [2.05, 4.69) is 106 Å². The number of halogens is 1. The van der Waals surface area contributed by atoms with Gasteiger partial charge in [0.15, 0.2) is 0 Å². The molecule has 4 rings (SSSR count). The van der Waals surface area contributed by atoms with Crippen molar-refractivity contribution in [1.29, 1.82) is 0 Å². The van der Waals surface area contributed by atoms with Crippen molar-refractivity contribution in [3.8, 4) is 0 Å². The zero-order chi connectivity index (χ0) is 18.6. The second kappa shape index (κ2) is 7.85. The fourth-order valence-electron chi connectivity index (χ4n) is 3.90. The summed E-state index contributed by atoms with van der Waals surface area (Å²) in [6.45, 7) is 1.51. The van der Waals surface area contributed by atoms with Crippen LogP contribution in [0.3, 0.4) is 0 Å². The fraction of sp³-hybridized carbons (Fsp3) is 0.217. The summed E-state index contributed by atoms with van der Waals surface area (Å²) in [4.78, 5) is 0. The number of benzene rings is 3. The quantitative estimate of drug-likeness (QED) is 0.538. The molecule has 0 radical (unpaired) electrons. The van der Waals surface area contributed by atoms with E-state index in [-0.39, 0.29) is 6.29 Å². The molecule has 4 heteroatoms. The third kappa shape index (κ3) is 3.39. The van der Waals surface area contributed by atoms with Gasteiger partial charge in [-0.05, 0) is 0 Å². The molecule has 0 spiro atoms. The summed E-state index contributed by atoms with van der Waals surface area (Å²) >= 11 is 4.42. The van der Waals surface area contributed by atoms with Gasteiger partial charge in [-0.15, -0.1) is 0 Å². The van der Waals surface area contributed by atoms with Gasteiger partial charge in [-0.25, -0.2) is 0 Å². The number of rotatable bonds is 5. The Labute approximate surface area is 169 Å². The van der Waals surface area contributed by atoms with Crippen molar-refractivity contribution in [3.63, 3.8) is 0 Å². The molecule has 1 aliphatic heterocycles. The summed E-state index contributed by atoms with van der Waals surface area (Å²) < 4.78 is 12.1. The zero-order valence-electron chi connectivity index (χ0n) is 15.2. The first-order valence-corrected chi connectivity index (χ1v) is 13.8. The first-order chi connectivity index (χ1) is 13.2. The summed E-state index contributed by atoms with van der Waals surface area (Å²) in [6.07, 6.45) is 1.50. The fourth-order valence-corrected chi connectivity index (χ4v) is 11.4. The summed E-state index contributed by atoms with van der Waals surface area (Å²) in [5.41, 5.74) is 0. The SMILES string of the molecule is BrP(CC1OCCCO1)(c1ccccc1)(c1ccccc1)c1ccccc1. The molecule has 1 saturated heterocycles. The van der Waals surface area contributed by atoms with Crippen molar-refractivity contribution in [2.45, 2.75) is 12.7 Å². The molecule has 3 aromatic rings.